The Morgan fingerprint density at radius 2 is 2.04 bits per heavy atom. The monoisotopic (exact) mass is 316 g/mol. The summed E-state index contributed by atoms with van der Waals surface area (Å²) < 4.78 is 5.96. The predicted octanol–water partition coefficient (Wildman–Crippen LogP) is 3.95. The highest BCUT2D eigenvalue weighted by molar-refractivity contribution is 6.23. The molecule has 0 amide bonds. The van der Waals surface area contributed by atoms with E-state index in [0.717, 1.165) is 5.57 Å². The lowest BCUT2D eigenvalue weighted by Crippen LogP contribution is -2.36. The van der Waals surface area contributed by atoms with Gasteiger partial charge in [-0.2, -0.15) is 0 Å². The van der Waals surface area contributed by atoms with E-state index in [4.69, 9.17) is 4.74 Å². The van der Waals surface area contributed by atoms with Gasteiger partial charge in [-0.05, 0) is 46.3 Å². The summed E-state index contributed by atoms with van der Waals surface area (Å²) in [5, 5.41) is 10.4. The Bertz CT molecular complexity index is 667. The average molecular weight is 316 g/mol. The summed E-state index contributed by atoms with van der Waals surface area (Å²) in [6.45, 7) is 9.38. The molecule has 0 saturated heterocycles. The third-order valence-electron chi connectivity index (χ3n) is 4.02. The molecule has 0 aromatic carbocycles. The van der Waals surface area contributed by atoms with E-state index in [0.29, 0.717) is 17.8 Å². The molecule has 0 spiro atoms. The van der Waals surface area contributed by atoms with E-state index >= 15 is 0 Å². The third-order valence-corrected chi connectivity index (χ3v) is 4.02. The Kier molecular flexibility index (Phi) is 4.64. The van der Waals surface area contributed by atoms with Crippen molar-refractivity contribution >= 4 is 11.6 Å². The van der Waals surface area contributed by atoms with Crippen LogP contribution in [0.2, 0.25) is 0 Å². The molecule has 0 fully saturated rings. The largest absolute Gasteiger partial charge is 0.506 e. The number of carbonyl (C=O) groups excluding carboxylic acids is 2. The molecule has 2 rings (SSSR count). The first-order chi connectivity index (χ1) is 10.7. The van der Waals surface area contributed by atoms with E-state index in [1.54, 1.807) is 13.0 Å². The second-order valence-corrected chi connectivity index (χ2v) is 6.75. The molecule has 0 aromatic heterocycles. The number of Topliss-reactive ketones (excluding diaryl/α,β-unsaturated/α-hetero) is 2. The van der Waals surface area contributed by atoms with Gasteiger partial charge < -0.3 is 9.84 Å². The quantitative estimate of drug-likeness (QED) is 0.630. The molecule has 1 aliphatic heterocycles. The minimum Gasteiger partial charge on any atom is -0.506 e. The molecule has 4 nitrogen and oxygen atoms in total. The van der Waals surface area contributed by atoms with Crippen LogP contribution in [0.3, 0.4) is 0 Å². The zero-order valence-corrected chi connectivity index (χ0v) is 14.4. The summed E-state index contributed by atoms with van der Waals surface area (Å²) in [5.41, 5.74) is 0.904. The van der Waals surface area contributed by atoms with E-state index in [2.05, 4.69) is 0 Å². The number of hydrogen-bond acceptors (Lipinski definition) is 4. The molecule has 1 N–H and O–H groups in total. The maximum atomic E-state index is 12.8. The van der Waals surface area contributed by atoms with Crippen molar-refractivity contribution in [3.05, 3.63) is 46.5 Å². The number of aliphatic hydroxyl groups is 1. The molecule has 2 aliphatic rings. The molecular weight excluding hydrogens is 292 g/mol. The van der Waals surface area contributed by atoms with E-state index in [9.17, 15) is 14.7 Å². The Morgan fingerprint density at radius 3 is 2.61 bits per heavy atom. The second-order valence-electron chi connectivity index (χ2n) is 6.75. The van der Waals surface area contributed by atoms with Gasteiger partial charge in [0.1, 0.15) is 22.7 Å². The smallest absolute Gasteiger partial charge is 0.181 e. The molecule has 0 saturated carbocycles. The minimum atomic E-state index is -0.564. The molecule has 4 heteroatoms. The summed E-state index contributed by atoms with van der Waals surface area (Å²) in [4.78, 5) is 24.9. The van der Waals surface area contributed by atoms with Crippen LogP contribution in [0.25, 0.3) is 0 Å². The van der Waals surface area contributed by atoms with Crippen molar-refractivity contribution in [1.29, 1.82) is 0 Å². The van der Waals surface area contributed by atoms with Crippen molar-refractivity contribution in [1.82, 2.24) is 0 Å². The normalized spacial score (nSPS) is 22.7. The molecule has 0 bridgehead atoms. The average Bonchev–Trinajstić information content (AvgIpc) is 2.45. The van der Waals surface area contributed by atoms with E-state index in [1.165, 1.54) is 0 Å². The van der Waals surface area contributed by atoms with Gasteiger partial charge in [-0.15, -0.1) is 0 Å². The Hall–Kier alpha value is -2.10. The van der Waals surface area contributed by atoms with Crippen LogP contribution in [0, 0.1) is 5.92 Å². The summed E-state index contributed by atoms with van der Waals surface area (Å²) >= 11 is 0. The predicted molar refractivity (Wildman–Crippen MR) is 88.8 cm³/mol. The minimum absolute atomic E-state index is 0.0913. The van der Waals surface area contributed by atoms with Gasteiger partial charge in [0.05, 0.1) is 11.5 Å². The summed E-state index contributed by atoms with van der Waals surface area (Å²) in [7, 11) is 0. The van der Waals surface area contributed by atoms with Crippen molar-refractivity contribution in [2.45, 2.75) is 53.1 Å². The van der Waals surface area contributed by atoms with Crippen LogP contribution >= 0.6 is 0 Å². The van der Waals surface area contributed by atoms with Crippen molar-refractivity contribution in [2.75, 3.05) is 0 Å². The Labute approximate surface area is 137 Å². The van der Waals surface area contributed by atoms with Crippen LogP contribution in [0.15, 0.2) is 46.5 Å². The van der Waals surface area contributed by atoms with Gasteiger partial charge in [0.15, 0.2) is 11.6 Å². The molecule has 1 aliphatic carbocycles. The van der Waals surface area contributed by atoms with Crippen LogP contribution < -0.4 is 0 Å². The van der Waals surface area contributed by atoms with E-state index in [1.807, 2.05) is 39.8 Å². The van der Waals surface area contributed by atoms with Crippen LogP contribution in [0.5, 0.6) is 0 Å². The van der Waals surface area contributed by atoms with E-state index in [-0.39, 0.29) is 29.3 Å². The fourth-order valence-electron chi connectivity index (χ4n) is 2.75. The summed E-state index contributed by atoms with van der Waals surface area (Å²) in [6, 6.07) is 0. The van der Waals surface area contributed by atoms with Crippen molar-refractivity contribution < 1.29 is 19.4 Å². The first kappa shape index (κ1) is 17.3. The number of carbonyl (C=O) groups is 2. The van der Waals surface area contributed by atoms with Gasteiger partial charge in [-0.3, -0.25) is 9.59 Å². The van der Waals surface area contributed by atoms with Crippen LogP contribution in [0.4, 0.5) is 0 Å². The van der Waals surface area contributed by atoms with Crippen LogP contribution in [0.1, 0.15) is 47.5 Å². The van der Waals surface area contributed by atoms with Gasteiger partial charge in [-0.1, -0.05) is 18.6 Å². The number of aliphatic hydroxyl groups excluding tert-OH is 1. The first-order valence-electron chi connectivity index (χ1n) is 7.94. The standard InChI is InChI=1S/C19H24O4/c1-6-14(20)15-16(21)12(8-7-11(2)3)18-13(17(15)22)9-10-19(4,5)23-18/h7,9-10,12,22H,6,8H2,1-5H3. The molecule has 1 unspecified atom stereocenters. The number of hydrogen-bond donors (Lipinski definition) is 1. The maximum absolute atomic E-state index is 12.8. The summed E-state index contributed by atoms with van der Waals surface area (Å²) in [6.07, 6.45) is 6.16. The Morgan fingerprint density at radius 1 is 1.39 bits per heavy atom. The van der Waals surface area contributed by atoms with Gasteiger partial charge in [0.25, 0.3) is 0 Å². The van der Waals surface area contributed by atoms with Gasteiger partial charge in [-0.25, -0.2) is 0 Å². The lowest BCUT2D eigenvalue weighted by molar-refractivity contribution is -0.124. The van der Waals surface area contributed by atoms with Crippen molar-refractivity contribution in [3.63, 3.8) is 0 Å². The highest BCUT2D eigenvalue weighted by Crippen LogP contribution is 2.40. The van der Waals surface area contributed by atoms with Crippen molar-refractivity contribution in [3.8, 4) is 0 Å². The fourth-order valence-corrected chi connectivity index (χ4v) is 2.75. The van der Waals surface area contributed by atoms with Crippen LogP contribution in [-0.4, -0.2) is 22.3 Å². The summed E-state index contributed by atoms with van der Waals surface area (Å²) in [5.74, 6) is -1.04. The fraction of sp³-hybridized carbons (Fsp3) is 0.474. The molecule has 1 heterocycles. The van der Waals surface area contributed by atoms with Gasteiger partial charge >= 0.3 is 0 Å². The van der Waals surface area contributed by atoms with Gasteiger partial charge in [0, 0.05) is 6.42 Å². The number of ketones is 2. The lowest BCUT2D eigenvalue weighted by Gasteiger charge is -2.35. The number of rotatable bonds is 4. The zero-order valence-electron chi connectivity index (χ0n) is 14.4. The zero-order chi connectivity index (χ0) is 17.4. The first-order valence-corrected chi connectivity index (χ1v) is 7.94. The van der Waals surface area contributed by atoms with Gasteiger partial charge in [0.2, 0.25) is 0 Å². The second kappa shape index (κ2) is 6.19. The van der Waals surface area contributed by atoms with Crippen molar-refractivity contribution in [2.24, 2.45) is 5.92 Å². The highest BCUT2D eigenvalue weighted by Gasteiger charge is 2.41. The molecule has 23 heavy (non-hydrogen) atoms. The molecule has 1 atom stereocenters. The molecule has 0 aromatic rings. The molecule has 0 radical (unpaired) electrons. The topological polar surface area (TPSA) is 63.6 Å². The third kappa shape index (κ3) is 3.31. The van der Waals surface area contributed by atoms with E-state index < -0.39 is 11.5 Å². The highest BCUT2D eigenvalue weighted by atomic mass is 16.5. The molecular formula is C19H24O4. The Balaban J connectivity index is 2.57. The lowest BCUT2D eigenvalue weighted by atomic mass is 9.80. The van der Waals surface area contributed by atoms with Crippen LogP contribution in [-0.2, 0) is 14.3 Å². The maximum Gasteiger partial charge on any atom is 0.181 e. The number of allylic oxidation sites excluding steroid dienone is 5. The molecule has 124 valence electrons. The SMILES string of the molecule is CCC(=O)C1=C(O)C2=C(OC(C)(C)C=C2)C(CC=C(C)C)C1=O. The number of ether oxygens (including phenoxy) is 1.